The molecule has 0 spiro atoms. The van der Waals surface area contributed by atoms with Crippen molar-refractivity contribution >= 4 is 11.6 Å². The van der Waals surface area contributed by atoms with E-state index in [4.69, 9.17) is 0 Å². The summed E-state index contributed by atoms with van der Waals surface area (Å²) in [5.74, 6) is -5.83. The molecule has 2 aromatic rings. The van der Waals surface area contributed by atoms with Crippen molar-refractivity contribution in [1.29, 1.82) is 0 Å². The zero-order valence-electron chi connectivity index (χ0n) is 13.5. The highest BCUT2D eigenvalue weighted by Crippen LogP contribution is 2.48. The van der Waals surface area contributed by atoms with Crippen LogP contribution in [0.25, 0.3) is 0 Å². The number of benzene rings is 1. The number of pyridine rings is 1. The van der Waals surface area contributed by atoms with Crippen molar-refractivity contribution in [3.63, 3.8) is 0 Å². The summed E-state index contributed by atoms with van der Waals surface area (Å²) in [6, 6.07) is 2.06. The van der Waals surface area contributed by atoms with Crippen LogP contribution in [0.1, 0.15) is 17.2 Å². The summed E-state index contributed by atoms with van der Waals surface area (Å²) < 4.78 is 97.8. The number of carbonyl (C=O) groups excluding carboxylic acids is 1. The Labute approximate surface area is 152 Å². The molecule has 1 amide bonds. The molecule has 0 bridgehead atoms. The standard InChI is InChI=1S/C16H9F7N2O3/c17-8-3-7(4-24-5-8)6-25-10-2-1-9(18)11(13(26)15(19,20)21)12(10)28-16(22,23)14(25)27/h1-5,13,26H,6H2. The van der Waals surface area contributed by atoms with Gasteiger partial charge in [0.05, 0.1) is 24.0 Å². The Morgan fingerprint density at radius 1 is 1.21 bits per heavy atom. The van der Waals surface area contributed by atoms with E-state index in [1.54, 1.807) is 0 Å². The fraction of sp³-hybridized carbons (Fsp3) is 0.250. The number of ether oxygens (including phenoxy) is 1. The van der Waals surface area contributed by atoms with Crippen molar-refractivity contribution in [2.75, 3.05) is 4.90 Å². The molecule has 1 aliphatic rings. The van der Waals surface area contributed by atoms with Gasteiger partial charge in [0.1, 0.15) is 11.6 Å². The number of fused-ring (bicyclic) bond motifs is 1. The van der Waals surface area contributed by atoms with Crippen LogP contribution in [0, 0.1) is 11.6 Å². The second-order valence-electron chi connectivity index (χ2n) is 5.78. The highest BCUT2D eigenvalue weighted by atomic mass is 19.4. The fourth-order valence-electron chi connectivity index (χ4n) is 2.62. The molecule has 12 heteroatoms. The van der Waals surface area contributed by atoms with Crippen LogP contribution in [0.3, 0.4) is 0 Å². The number of amides is 1. The van der Waals surface area contributed by atoms with Crippen molar-refractivity contribution in [3.05, 3.63) is 53.4 Å². The van der Waals surface area contributed by atoms with Gasteiger partial charge in [0.25, 0.3) is 0 Å². The van der Waals surface area contributed by atoms with Gasteiger partial charge < -0.3 is 9.84 Å². The second-order valence-corrected chi connectivity index (χ2v) is 5.78. The first-order valence-corrected chi connectivity index (χ1v) is 7.47. The van der Waals surface area contributed by atoms with Crippen molar-refractivity contribution in [1.82, 2.24) is 4.98 Å². The van der Waals surface area contributed by atoms with Crippen molar-refractivity contribution in [2.24, 2.45) is 0 Å². The third-order valence-electron chi connectivity index (χ3n) is 3.82. The molecule has 28 heavy (non-hydrogen) atoms. The van der Waals surface area contributed by atoms with E-state index in [0.29, 0.717) is 11.0 Å². The number of alkyl halides is 5. The molecule has 0 saturated carbocycles. The third kappa shape index (κ3) is 3.46. The van der Waals surface area contributed by atoms with Crippen molar-refractivity contribution < 1.29 is 45.4 Å². The lowest BCUT2D eigenvalue weighted by Gasteiger charge is -2.35. The summed E-state index contributed by atoms with van der Waals surface area (Å²) >= 11 is 0. The molecule has 0 saturated heterocycles. The number of rotatable bonds is 3. The molecule has 1 aliphatic heterocycles. The smallest absolute Gasteiger partial charge is 0.422 e. The Morgan fingerprint density at radius 3 is 2.50 bits per heavy atom. The van der Waals surface area contributed by atoms with Gasteiger partial charge in [0.15, 0.2) is 11.9 Å². The van der Waals surface area contributed by atoms with Gasteiger partial charge in [-0.1, -0.05) is 0 Å². The molecule has 0 radical (unpaired) electrons. The molecule has 1 N–H and O–H groups in total. The normalized spacial score (nSPS) is 17.1. The van der Waals surface area contributed by atoms with Gasteiger partial charge in [0, 0.05) is 6.20 Å². The number of hydrogen-bond acceptors (Lipinski definition) is 4. The fourth-order valence-corrected chi connectivity index (χ4v) is 2.62. The lowest BCUT2D eigenvalue weighted by molar-refractivity contribution is -0.211. The largest absolute Gasteiger partial charge is 0.483 e. The third-order valence-corrected chi connectivity index (χ3v) is 3.82. The van der Waals surface area contributed by atoms with Crippen LogP contribution in [0.5, 0.6) is 5.75 Å². The highest BCUT2D eigenvalue weighted by Gasteiger charge is 2.53. The monoisotopic (exact) mass is 410 g/mol. The molecule has 0 aliphatic carbocycles. The van der Waals surface area contributed by atoms with Crippen LogP contribution >= 0.6 is 0 Å². The predicted molar refractivity (Wildman–Crippen MR) is 78.4 cm³/mol. The summed E-state index contributed by atoms with van der Waals surface area (Å²) in [5.41, 5.74) is -2.32. The topological polar surface area (TPSA) is 62.7 Å². The summed E-state index contributed by atoms with van der Waals surface area (Å²) in [6.07, 6.45) is -11.7. The van der Waals surface area contributed by atoms with Crippen LogP contribution in [-0.4, -0.2) is 28.3 Å². The van der Waals surface area contributed by atoms with Crippen LogP contribution in [0.15, 0.2) is 30.6 Å². The number of aliphatic hydroxyl groups excluding tert-OH is 1. The Morgan fingerprint density at radius 2 is 1.89 bits per heavy atom. The average Bonchev–Trinajstić information content (AvgIpc) is 2.57. The summed E-state index contributed by atoms with van der Waals surface area (Å²) in [4.78, 5) is 15.8. The maximum atomic E-state index is 14.0. The summed E-state index contributed by atoms with van der Waals surface area (Å²) in [7, 11) is 0. The van der Waals surface area contributed by atoms with Gasteiger partial charge >= 0.3 is 18.2 Å². The van der Waals surface area contributed by atoms with Gasteiger partial charge in [-0.05, 0) is 23.8 Å². The van der Waals surface area contributed by atoms with Crippen molar-refractivity contribution in [2.45, 2.75) is 24.9 Å². The SMILES string of the molecule is O=C1N(Cc2cncc(F)c2)c2ccc(F)c(C(O)C(F)(F)F)c2OC1(F)F. The highest BCUT2D eigenvalue weighted by molar-refractivity contribution is 6.01. The van der Waals surface area contributed by atoms with Crippen LogP contribution in [0.4, 0.5) is 36.4 Å². The average molecular weight is 410 g/mol. The number of nitrogens with zero attached hydrogens (tertiary/aromatic N) is 2. The van der Waals surface area contributed by atoms with E-state index in [0.717, 1.165) is 24.5 Å². The molecule has 1 aromatic heterocycles. The Kier molecular flexibility index (Phi) is 4.69. The number of hydrogen-bond donors (Lipinski definition) is 1. The van der Waals surface area contributed by atoms with Gasteiger partial charge in [-0.2, -0.15) is 22.0 Å². The Bertz CT molecular complexity index is 933. The van der Waals surface area contributed by atoms with E-state index >= 15 is 0 Å². The van der Waals surface area contributed by atoms with E-state index in [2.05, 4.69) is 9.72 Å². The van der Waals surface area contributed by atoms with E-state index in [1.165, 1.54) is 0 Å². The predicted octanol–water partition coefficient (Wildman–Crippen LogP) is 3.47. The van der Waals surface area contributed by atoms with Crippen LogP contribution < -0.4 is 9.64 Å². The van der Waals surface area contributed by atoms with E-state index in [-0.39, 0.29) is 5.56 Å². The quantitative estimate of drug-likeness (QED) is 0.788. The molecule has 1 aromatic carbocycles. The Balaban J connectivity index is 2.16. The summed E-state index contributed by atoms with van der Waals surface area (Å²) in [6.45, 7) is -0.720. The van der Waals surface area contributed by atoms with Gasteiger partial charge in [-0.3, -0.25) is 14.7 Å². The number of anilines is 1. The zero-order chi connectivity index (χ0) is 20.9. The zero-order valence-corrected chi connectivity index (χ0v) is 13.5. The molecule has 2 heterocycles. The first-order chi connectivity index (χ1) is 12.9. The minimum absolute atomic E-state index is 0.0701. The minimum atomic E-state index is -5.40. The minimum Gasteiger partial charge on any atom is -0.422 e. The van der Waals surface area contributed by atoms with Gasteiger partial charge in [-0.15, -0.1) is 0 Å². The number of halogens is 7. The number of carbonyl (C=O) groups is 1. The van der Waals surface area contributed by atoms with Crippen LogP contribution in [0.2, 0.25) is 0 Å². The van der Waals surface area contributed by atoms with Gasteiger partial charge in [0.2, 0.25) is 0 Å². The molecular weight excluding hydrogens is 401 g/mol. The lowest BCUT2D eigenvalue weighted by Crippen LogP contribution is -2.51. The molecule has 1 unspecified atom stereocenters. The molecule has 0 fully saturated rings. The first-order valence-electron chi connectivity index (χ1n) is 7.47. The molecular formula is C16H9F7N2O3. The van der Waals surface area contributed by atoms with E-state index < -0.39 is 59.5 Å². The molecule has 1 atom stereocenters. The Hall–Kier alpha value is -2.89. The molecule has 3 rings (SSSR count). The van der Waals surface area contributed by atoms with E-state index in [1.807, 2.05) is 0 Å². The number of aromatic nitrogens is 1. The summed E-state index contributed by atoms with van der Waals surface area (Å²) in [5, 5.41) is 9.39. The lowest BCUT2D eigenvalue weighted by atomic mass is 10.0. The number of aliphatic hydroxyl groups is 1. The van der Waals surface area contributed by atoms with Gasteiger partial charge in [-0.25, -0.2) is 8.78 Å². The van der Waals surface area contributed by atoms with Crippen LogP contribution in [-0.2, 0) is 11.3 Å². The van der Waals surface area contributed by atoms with E-state index in [9.17, 15) is 40.6 Å². The molecule has 5 nitrogen and oxygen atoms in total. The second kappa shape index (κ2) is 6.62. The maximum absolute atomic E-state index is 14.0. The molecule has 150 valence electrons. The maximum Gasteiger partial charge on any atom is 0.483 e. The van der Waals surface area contributed by atoms with Crippen molar-refractivity contribution in [3.8, 4) is 5.75 Å². The first kappa shape index (κ1) is 19.9.